The van der Waals surface area contributed by atoms with Crippen LogP contribution in [0.5, 0.6) is 0 Å². The first-order chi connectivity index (χ1) is 6.02. The third kappa shape index (κ3) is 2.05. The first kappa shape index (κ1) is 9.71. The number of hydrogen-bond acceptors (Lipinski definition) is 2. The molecular weight excluding hydrogens is 166 g/mol. The van der Waals surface area contributed by atoms with Gasteiger partial charge in [-0.2, -0.15) is 0 Å². The lowest BCUT2D eigenvalue weighted by Gasteiger charge is -2.05. The predicted molar refractivity (Wildman–Crippen MR) is 51.5 cm³/mol. The van der Waals surface area contributed by atoms with Crippen molar-refractivity contribution in [2.75, 3.05) is 0 Å². The van der Waals surface area contributed by atoms with E-state index in [9.17, 15) is 10.1 Å². The highest BCUT2D eigenvalue weighted by molar-refractivity contribution is 5.45. The van der Waals surface area contributed by atoms with Crippen LogP contribution in [0, 0.1) is 23.0 Å². The molecule has 0 fully saturated rings. The van der Waals surface area contributed by atoms with Gasteiger partial charge in [-0.15, -0.1) is 0 Å². The van der Waals surface area contributed by atoms with Crippen LogP contribution in [-0.2, 0) is 0 Å². The predicted octanol–water partition coefficient (Wildman–Crippen LogP) is 2.87. The minimum Gasteiger partial charge on any atom is -0.258 e. The minimum atomic E-state index is -0.357. The van der Waals surface area contributed by atoms with Gasteiger partial charge in [-0.05, 0) is 24.5 Å². The van der Waals surface area contributed by atoms with E-state index >= 15 is 0 Å². The van der Waals surface area contributed by atoms with Gasteiger partial charge in [0.25, 0.3) is 5.69 Å². The van der Waals surface area contributed by atoms with E-state index < -0.39 is 0 Å². The van der Waals surface area contributed by atoms with Crippen molar-refractivity contribution in [3.8, 4) is 0 Å². The summed E-state index contributed by atoms with van der Waals surface area (Å²) < 4.78 is 0. The minimum absolute atomic E-state index is 0.185. The molecule has 0 spiro atoms. The Hall–Kier alpha value is -1.38. The van der Waals surface area contributed by atoms with Gasteiger partial charge in [-0.3, -0.25) is 10.1 Å². The summed E-state index contributed by atoms with van der Waals surface area (Å²) in [4.78, 5) is 10.1. The van der Waals surface area contributed by atoms with Crippen LogP contribution in [-0.4, -0.2) is 4.92 Å². The van der Waals surface area contributed by atoms with Gasteiger partial charge < -0.3 is 0 Å². The Labute approximate surface area is 77.5 Å². The average Bonchev–Trinajstić information content (AvgIpc) is 2.03. The van der Waals surface area contributed by atoms with Gasteiger partial charge in [0.15, 0.2) is 0 Å². The Balaban J connectivity index is 3.13. The molecule has 0 aliphatic rings. The van der Waals surface area contributed by atoms with Crippen molar-refractivity contribution in [3.05, 3.63) is 45.4 Å². The third-order valence-corrected chi connectivity index (χ3v) is 1.97. The number of nitro groups is 1. The molecule has 0 saturated heterocycles. The van der Waals surface area contributed by atoms with Crippen LogP contribution < -0.4 is 0 Å². The number of benzene rings is 1. The van der Waals surface area contributed by atoms with Crippen molar-refractivity contribution in [2.24, 2.45) is 0 Å². The maximum Gasteiger partial charge on any atom is 0.272 e. The van der Waals surface area contributed by atoms with Crippen molar-refractivity contribution in [2.45, 2.75) is 20.8 Å². The lowest BCUT2D eigenvalue weighted by atomic mass is 10.0. The van der Waals surface area contributed by atoms with Gasteiger partial charge in [0, 0.05) is 11.6 Å². The molecule has 0 amide bonds. The zero-order valence-corrected chi connectivity index (χ0v) is 8.00. The molecule has 69 valence electrons. The van der Waals surface area contributed by atoms with Crippen LogP contribution in [0.25, 0.3) is 0 Å². The molecule has 0 unspecified atom stereocenters. The highest BCUT2D eigenvalue weighted by Crippen LogP contribution is 2.22. The molecule has 1 aromatic rings. The molecule has 3 heteroatoms. The number of aryl methyl sites for hydroxylation is 1. The van der Waals surface area contributed by atoms with Crippen LogP contribution >= 0.6 is 0 Å². The summed E-state index contributed by atoms with van der Waals surface area (Å²) in [5.74, 6) is 1.16. The topological polar surface area (TPSA) is 43.1 Å². The van der Waals surface area contributed by atoms with Crippen LogP contribution in [0.3, 0.4) is 0 Å². The van der Waals surface area contributed by atoms with Gasteiger partial charge in [0.1, 0.15) is 0 Å². The van der Waals surface area contributed by atoms with E-state index in [0.717, 1.165) is 11.5 Å². The fourth-order valence-corrected chi connectivity index (χ4v) is 1.17. The van der Waals surface area contributed by atoms with Crippen molar-refractivity contribution in [3.63, 3.8) is 0 Å². The summed E-state index contributed by atoms with van der Waals surface area (Å²) in [5, 5.41) is 10.5. The van der Waals surface area contributed by atoms with Gasteiger partial charge >= 0.3 is 0 Å². The summed E-state index contributed by atoms with van der Waals surface area (Å²) in [7, 11) is 0. The zero-order valence-electron chi connectivity index (χ0n) is 8.00. The molecule has 13 heavy (non-hydrogen) atoms. The second-order valence-electron chi connectivity index (χ2n) is 3.26. The molecule has 0 aliphatic carbocycles. The lowest BCUT2D eigenvalue weighted by molar-refractivity contribution is -0.385. The molecule has 1 rings (SSSR count). The molecule has 0 N–H and O–H groups in total. The number of hydrogen-bond donors (Lipinski definition) is 0. The van der Waals surface area contributed by atoms with E-state index in [2.05, 4.69) is 0 Å². The monoisotopic (exact) mass is 178 g/mol. The van der Waals surface area contributed by atoms with Crippen molar-refractivity contribution < 1.29 is 4.92 Å². The Morgan fingerprint density at radius 1 is 1.38 bits per heavy atom. The second kappa shape index (κ2) is 3.56. The molecule has 1 radical (unpaired) electrons. The maximum atomic E-state index is 10.5. The summed E-state index contributed by atoms with van der Waals surface area (Å²) >= 11 is 0. The van der Waals surface area contributed by atoms with Crippen molar-refractivity contribution in [1.29, 1.82) is 0 Å². The molecular formula is C10H12NO2. The summed E-state index contributed by atoms with van der Waals surface area (Å²) in [6.45, 7) is 5.73. The normalized spacial score (nSPS) is 10.5. The standard InChI is InChI=1S/C10H12NO2/c1-7(2)9-4-5-10(11(12)13)8(3)6-9/h4-6H,1-3H3. The Morgan fingerprint density at radius 3 is 2.38 bits per heavy atom. The highest BCUT2D eigenvalue weighted by atomic mass is 16.6. The van der Waals surface area contributed by atoms with E-state index in [1.807, 2.05) is 19.9 Å². The summed E-state index contributed by atoms with van der Waals surface area (Å²) in [5.41, 5.74) is 1.96. The van der Waals surface area contributed by atoms with Crippen LogP contribution in [0.2, 0.25) is 0 Å². The Morgan fingerprint density at radius 2 is 2.00 bits per heavy atom. The molecule has 0 aliphatic heterocycles. The van der Waals surface area contributed by atoms with E-state index in [4.69, 9.17) is 0 Å². The van der Waals surface area contributed by atoms with Crippen molar-refractivity contribution >= 4 is 5.69 Å². The molecule has 1 aromatic carbocycles. The van der Waals surface area contributed by atoms with E-state index in [0.29, 0.717) is 5.56 Å². The third-order valence-electron chi connectivity index (χ3n) is 1.97. The zero-order chi connectivity index (χ0) is 10.0. The smallest absolute Gasteiger partial charge is 0.258 e. The average molecular weight is 178 g/mol. The van der Waals surface area contributed by atoms with Gasteiger partial charge in [0.05, 0.1) is 4.92 Å². The molecule has 0 bridgehead atoms. The second-order valence-corrected chi connectivity index (χ2v) is 3.26. The number of nitrogens with zero attached hydrogens (tertiary/aromatic N) is 1. The molecule has 0 heterocycles. The first-order valence-electron chi connectivity index (χ1n) is 4.08. The largest absolute Gasteiger partial charge is 0.272 e. The van der Waals surface area contributed by atoms with Crippen molar-refractivity contribution in [1.82, 2.24) is 0 Å². The number of rotatable bonds is 2. The first-order valence-corrected chi connectivity index (χ1v) is 4.08. The molecule has 0 atom stereocenters. The Bertz CT molecular complexity index is 332. The van der Waals surface area contributed by atoms with E-state index in [-0.39, 0.29) is 10.6 Å². The quantitative estimate of drug-likeness (QED) is 0.516. The summed E-state index contributed by atoms with van der Waals surface area (Å²) in [6.07, 6.45) is 0. The maximum absolute atomic E-state index is 10.5. The molecule has 3 nitrogen and oxygen atoms in total. The van der Waals surface area contributed by atoms with Gasteiger partial charge in [0.2, 0.25) is 0 Å². The van der Waals surface area contributed by atoms with Crippen LogP contribution in [0.15, 0.2) is 18.2 Å². The van der Waals surface area contributed by atoms with Gasteiger partial charge in [-0.25, -0.2) is 0 Å². The van der Waals surface area contributed by atoms with Crippen LogP contribution in [0.4, 0.5) is 5.69 Å². The summed E-state index contributed by atoms with van der Waals surface area (Å²) in [6, 6.07) is 5.17. The molecule has 0 saturated carbocycles. The number of nitro benzene ring substituents is 1. The van der Waals surface area contributed by atoms with Crippen LogP contribution in [0.1, 0.15) is 25.0 Å². The molecule has 0 aromatic heterocycles. The van der Waals surface area contributed by atoms with E-state index in [1.165, 1.54) is 0 Å². The Kier molecular flexibility index (Phi) is 2.66. The lowest BCUT2D eigenvalue weighted by Crippen LogP contribution is -1.94. The van der Waals surface area contributed by atoms with E-state index in [1.54, 1.807) is 19.1 Å². The fourth-order valence-electron chi connectivity index (χ4n) is 1.17. The highest BCUT2D eigenvalue weighted by Gasteiger charge is 2.10. The SMILES string of the molecule is C[C](C)c1ccc([N+](=O)[O-])c(C)c1. The van der Waals surface area contributed by atoms with Gasteiger partial charge in [-0.1, -0.05) is 19.9 Å². The fraction of sp³-hybridized carbons (Fsp3) is 0.300.